The molecule has 0 N–H and O–H groups in total. The van der Waals surface area contributed by atoms with E-state index in [9.17, 15) is 9.59 Å². The van der Waals surface area contributed by atoms with Crippen LogP contribution in [0.4, 0.5) is 0 Å². The summed E-state index contributed by atoms with van der Waals surface area (Å²) in [5.74, 6) is 0. The maximum atomic E-state index is 12.4. The van der Waals surface area contributed by atoms with Gasteiger partial charge in [0.15, 0.2) is 0 Å². The van der Waals surface area contributed by atoms with Crippen molar-refractivity contribution in [1.29, 1.82) is 0 Å². The van der Waals surface area contributed by atoms with Crippen molar-refractivity contribution in [3.63, 3.8) is 0 Å². The van der Waals surface area contributed by atoms with Crippen molar-refractivity contribution in [2.45, 2.75) is 6.42 Å². The zero-order valence-electron chi connectivity index (χ0n) is 11.2. The average Bonchev–Trinajstić information content (AvgIpc) is 2.58. The van der Waals surface area contributed by atoms with Gasteiger partial charge in [-0.3, -0.25) is 13.9 Å². The van der Waals surface area contributed by atoms with Crippen LogP contribution in [-0.2, 0) is 27.6 Å². The van der Waals surface area contributed by atoms with Gasteiger partial charge in [0, 0.05) is 38.8 Å². The van der Waals surface area contributed by atoms with Crippen LogP contribution in [0.3, 0.4) is 0 Å². The molecule has 0 saturated carbocycles. The molecule has 19 heavy (non-hydrogen) atoms. The first-order chi connectivity index (χ1) is 9.04. The van der Waals surface area contributed by atoms with Crippen molar-refractivity contribution < 1.29 is 0 Å². The average molecular weight is 257 g/mol. The van der Waals surface area contributed by atoms with Crippen molar-refractivity contribution in [3.8, 4) is 0 Å². The molecule has 5 nitrogen and oxygen atoms in total. The third-order valence-corrected chi connectivity index (χ3v) is 3.76. The summed E-state index contributed by atoms with van der Waals surface area (Å²) in [5, 5.41) is 0.613. The van der Waals surface area contributed by atoms with E-state index < -0.39 is 0 Å². The molecule has 1 aliphatic carbocycles. The van der Waals surface area contributed by atoms with Gasteiger partial charge in [-0.15, -0.1) is 0 Å². The molecular weight excluding hydrogens is 242 g/mol. The van der Waals surface area contributed by atoms with E-state index in [1.165, 1.54) is 11.6 Å². The number of nitrogens with zero attached hydrogens (tertiary/aromatic N) is 3. The third kappa shape index (κ3) is 1.41. The van der Waals surface area contributed by atoms with E-state index >= 15 is 0 Å². The Bertz CT molecular complexity index is 860. The van der Waals surface area contributed by atoms with E-state index in [0.29, 0.717) is 11.0 Å². The molecule has 0 spiro atoms. The normalized spacial score (nSPS) is 13.8. The van der Waals surface area contributed by atoms with Crippen LogP contribution in [0.1, 0.15) is 11.3 Å². The number of hydrogen-bond acceptors (Lipinski definition) is 2. The summed E-state index contributed by atoms with van der Waals surface area (Å²) in [4.78, 5) is 24.4. The second-order valence-electron chi connectivity index (χ2n) is 4.82. The fraction of sp³-hybridized carbons (Fsp3) is 0.286. The largest absolute Gasteiger partial charge is 0.333 e. The molecule has 0 aromatic carbocycles. The van der Waals surface area contributed by atoms with Crippen molar-refractivity contribution in [1.82, 2.24) is 13.7 Å². The summed E-state index contributed by atoms with van der Waals surface area (Å²) in [6.45, 7) is 0. The topological polar surface area (TPSA) is 48.9 Å². The van der Waals surface area contributed by atoms with Gasteiger partial charge in [-0.05, 0) is 0 Å². The predicted molar refractivity (Wildman–Crippen MR) is 75.3 cm³/mol. The second-order valence-corrected chi connectivity index (χ2v) is 4.82. The minimum Gasteiger partial charge on any atom is -0.333 e. The van der Waals surface area contributed by atoms with Crippen LogP contribution in [0.15, 0.2) is 27.8 Å². The molecule has 0 atom stereocenters. The highest BCUT2D eigenvalue weighted by Gasteiger charge is 2.20. The minimum atomic E-state index is -0.298. The quantitative estimate of drug-likeness (QED) is 0.697. The molecule has 5 heteroatoms. The van der Waals surface area contributed by atoms with Crippen LogP contribution in [0.5, 0.6) is 0 Å². The zero-order valence-corrected chi connectivity index (χ0v) is 11.2. The summed E-state index contributed by atoms with van der Waals surface area (Å²) in [5.41, 5.74) is 2.12. The molecule has 0 fully saturated rings. The first-order valence-corrected chi connectivity index (χ1v) is 6.14. The van der Waals surface area contributed by atoms with Crippen LogP contribution >= 0.6 is 0 Å². The standard InChI is InChI=1S/C14H15N3O2/c1-15-10-8-6-4-5-7-9(10)11-12(15)16(2)14(19)17(3)13(11)18/h4-7H,8H2,1-3H3. The maximum absolute atomic E-state index is 12.4. The Kier molecular flexibility index (Phi) is 2.38. The first-order valence-electron chi connectivity index (χ1n) is 6.14. The van der Waals surface area contributed by atoms with Gasteiger partial charge in [-0.2, -0.15) is 0 Å². The van der Waals surface area contributed by atoms with Crippen molar-refractivity contribution >= 4 is 17.1 Å². The molecule has 0 unspecified atom stereocenters. The maximum Gasteiger partial charge on any atom is 0.332 e. The van der Waals surface area contributed by atoms with Gasteiger partial charge in [-0.25, -0.2) is 4.79 Å². The Morgan fingerprint density at radius 3 is 2.47 bits per heavy atom. The lowest BCUT2D eigenvalue weighted by Crippen LogP contribution is -2.37. The molecule has 3 rings (SSSR count). The predicted octanol–water partition coefficient (Wildman–Crippen LogP) is 0.701. The van der Waals surface area contributed by atoms with E-state index in [1.807, 2.05) is 35.9 Å². The van der Waals surface area contributed by atoms with Crippen LogP contribution in [-0.4, -0.2) is 13.7 Å². The molecule has 0 aliphatic heterocycles. The van der Waals surface area contributed by atoms with E-state index in [1.54, 1.807) is 7.05 Å². The van der Waals surface area contributed by atoms with Crippen LogP contribution < -0.4 is 11.2 Å². The number of fused-ring (bicyclic) bond motifs is 3. The monoisotopic (exact) mass is 257 g/mol. The first kappa shape index (κ1) is 11.8. The second kappa shape index (κ2) is 3.85. The third-order valence-electron chi connectivity index (χ3n) is 3.76. The molecule has 0 radical (unpaired) electrons. The van der Waals surface area contributed by atoms with Crippen LogP contribution in [0.2, 0.25) is 0 Å². The molecule has 1 aliphatic rings. The highest BCUT2D eigenvalue weighted by atomic mass is 16.2. The SMILES string of the molecule is Cn1c(=O)c2c3c(n(C)c2n(C)c1=O)CC=CC=C3. The van der Waals surface area contributed by atoms with E-state index in [-0.39, 0.29) is 11.2 Å². The lowest BCUT2D eigenvalue weighted by atomic mass is 10.1. The van der Waals surface area contributed by atoms with Gasteiger partial charge in [-0.1, -0.05) is 24.3 Å². The van der Waals surface area contributed by atoms with Gasteiger partial charge in [0.05, 0.1) is 5.39 Å². The number of hydrogen-bond donors (Lipinski definition) is 0. The number of allylic oxidation sites excluding steroid dienone is 3. The smallest absolute Gasteiger partial charge is 0.332 e. The van der Waals surface area contributed by atoms with Crippen molar-refractivity contribution in [2.24, 2.45) is 21.1 Å². The summed E-state index contributed by atoms with van der Waals surface area (Å²) < 4.78 is 4.63. The zero-order chi connectivity index (χ0) is 13.7. The van der Waals surface area contributed by atoms with Crippen LogP contribution in [0.25, 0.3) is 17.1 Å². The summed E-state index contributed by atoms with van der Waals surface area (Å²) in [7, 11) is 5.11. The lowest BCUT2D eigenvalue weighted by molar-refractivity contribution is 0.695. The highest BCUT2D eigenvalue weighted by molar-refractivity contribution is 5.89. The number of aryl methyl sites for hydroxylation is 2. The molecule has 0 saturated heterocycles. The van der Waals surface area contributed by atoms with E-state index in [4.69, 9.17) is 0 Å². The molecule has 2 heterocycles. The lowest BCUT2D eigenvalue weighted by Gasteiger charge is -2.07. The summed E-state index contributed by atoms with van der Waals surface area (Å²) >= 11 is 0. The van der Waals surface area contributed by atoms with E-state index in [0.717, 1.165) is 22.2 Å². The molecule has 0 amide bonds. The summed E-state index contributed by atoms with van der Waals surface area (Å²) in [6, 6.07) is 0. The van der Waals surface area contributed by atoms with E-state index in [2.05, 4.69) is 0 Å². The summed E-state index contributed by atoms with van der Waals surface area (Å²) in [6.07, 6.45) is 8.63. The number of rotatable bonds is 0. The Morgan fingerprint density at radius 2 is 1.74 bits per heavy atom. The molecular formula is C14H15N3O2. The van der Waals surface area contributed by atoms with Crippen molar-refractivity contribution in [3.05, 3.63) is 50.3 Å². The molecule has 0 bridgehead atoms. The van der Waals surface area contributed by atoms with Gasteiger partial charge < -0.3 is 4.57 Å². The highest BCUT2D eigenvalue weighted by Crippen LogP contribution is 2.25. The fourth-order valence-corrected chi connectivity index (χ4v) is 2.75. The number of aromatic nitrogens is 3. The Labute approximate surface area is 109 Å². The minimum absolute atomic E-state index is 0.235. The molecule has 98 valence electrons. The fourth-order valence-electron chi connectivity index (χ4n) is 2.75. The Hall–Kier alpha value is -2.30. The van der Waals surface area contributed by atoms with Gasteiger partial charge in [0.2, 0.25) is 0 Å². The van der Waals surface area contributed by atoms with Gasteiger partial charge in [0.25, 0.3) is 5.56 Å². The molecule has 2 aromatic rings. The Balaban J connectivity index is 2.64. The Morgan fingerprint density at radius 1 is 1.00 bits per heavy atom. The van der Waals surface area contributed by atoms with Crippen LogP contribution in [0, 0.1) is 0 Å². The van der Waals surface area contributed by atoms with Gasteiger partial charge >= 0.3 is 5.69 Å². The van der Waals surface area contributed by atoms with Gasteiger partial charge in [0.1, 0.15) is 5.65 Å². The van der Waals surface area contributed by atoms with Crippen molar-refractivity contribution in [2.75, 3.05) is 0 Å². The molecule has 2 aromatic heterocycles.